The summed E-state index contributed by atoms with van der Waals surface area (Å²) in [6.45, 7) is 1.88. The van der Waals surface area contributed by atoms with Crippen LogP contribution in [0.25, 0.3) is 0 Å². The largest absolute Gasteiger partial charge is 0.496 e. The van der Waals surface area contributed by atoms with Gasteiger partial charge in [-0.25, -0.2) is 4.79 Å². The zero-order chi connectivity index (χ0) is 16.2. The Morgan fingerprint density at radius 1 is 1.45 bits per heavy atom. The molecule has 0 radical (unpaired) electrons. The third-order valence-electron chi connectivity index (χ3n) is 3.55. The highest BCUT2D eigenvalue weighted by atomic mass is 16.5. The lowest BCUT2D eigenvalue weighted by Gasteiger charge is -2.23. The number of methoxy groups -OCH3 is 1. The number of carboxylic acids is 1. The lowest BCUT2D eigenvalue weighted by Crippen LogP contribution is -2.56. The number of aryl methyl sites for hydroxylation is 1. The molecule has 7 heteroatoms. The van der Waals surface area contributed by atoms with Gasteiger partial charge in [0.1, 0.15) is 11.5 Å². The smallest absolute Gasteiger partial charge is 0.331 e. The first-order valence-corrected chi connectivity index (χ1v) is 6.86. The molecule has 0 aromatic heterocycles. The van der Waals surface area contributed by atoms with Crippen LogP contribution in [0.1, 0.15) is 12.0 Å². The third kappa shape index (κ3) is 3.48. The number of ether oxygens (including phenoxy) is 3. The van der Waals surface area contributed by atoms with E-state index < -0.39 is 17.4 Å². The fourth-order valence-electron chi connectivity index (χ4n) is 2.28. The van der Waals surface area contributed by atoms with Crippen LogP contribution in [0.2, 0.25) is 0 Å². The fourth-order valence-corrected chi connectivity index (χ4v) is 2.28. The number of amides is 1. The minimum atomic E-state index is -1.35. The molecule has 1 aliphatic rings. The highest BCUT2D eigenvalue weighted by molar-refractivity contribution is 5.88. The Kier molecular flexibility index (Phi) is 4.87. The summed E-state index contributed by atoms with van der Waals surface area (Å²) in [5, 5.41) is 11.7. The summed E-state index contributed by atoms with van der Waals surface area (Å²) >= 11 is 0. The van der Waals surface area contributed by atoms with E-state index >= 15 is 0 Å². The Bertz CT molecular complexity index is 565. The Balaban J connectivity index is 1.92. The van der Waals surface area contributed by atoms with Gasteiger partial charge in [0.2, 0.25) is 0 Å². The van der Waals surface area contributed by atoms with Gasteiger partial charge in [0.15, 0.2) is 12.1 Å². The van der Waals surface area contributed by atoms with Crippen LogP contribution in [0.4, 0.5) is 0 Å². The van der Waals surface area contributed by atoms with Crippen molar-refractivity contribution >= 4 is 11.9 Å². The van der Waals surface area contributed by atoms with Crippen molar-refractivity contribution in [2.45, 2.75) is 18.9 Å². The number of aliphatic carboxylic acids is 1. The zero-order valence-corrected chi connectivity index (χ0v) is 12.5. The summed E-state index contributed by atoms with van der Waals surface area (Å²) in [6, 6.07) is 5.18. The molecule has 1 amide bonds. The van der Waals surface area contributed by atoms with E-state index in [1.54, 1.807) is 25.3 Å². The second kappa shape index (κ2) is 6.65. The van der Waals surface area contributed by atoms with Gasteiger partial charge in [0.25, 0.3) is 5.91 Å². The standard InChI is InChI=1S/C15H19NO6/c1-10-7-11(3-4-12(10)20-2)22-8-13(17)16-15(14(18)19)5-6-21-9-15/h3-4,7H,5-6,8-9H2,1-2H3,(H,16,17)(H,18,19). The molecule has 1 aliphatic heterocycles. The van der Waals surface area contributed by atoms with Crippen LogP contribution < -0.4 is 14.8 Å². The SMILES string of the molecule is COc1ccc(OCC(=O)NC2(C(=O)O)CCOC2)cc1C. The van der Waals surface area contributed by atoms with Gasteiger partial charge in [-0.2, -0.15) is 0 Å². The first-order chi connectivity index (χ1) is 10.5. The first-order valence-electron chi connectivity index (χ1n) is 6.86. The Hall–Kier alpha value is -2.28. The molecule has 1 heterocycles. The van der Waals surface area contributed by atoms with Gasteiger partial charge >= 0.3 is 5.97 Å². The Morgan fingerprint density at radius 2 is 2.23 bits per heavy atom. The maximum Gasteiger partial charge on any atom is 0.331 e. The quantitative estimate of drug-likeness (QED) is 0.805. The number of nitrogens with one attached hydrogen (secondary N) is 1. The van der Waals surface area contributed by atoms with Gasteiger partial charge in [-0.05, 0) is 30.7 Å². The number of carbonyl (C=O) groups excluding carboxylic acids is 1. The van der Waals surface area contributed by atoms with E-state index in [0.717, 1.165) is 11.3 Å². The van der Waals surface area contributed by atoms with Crippen LogP contribution in [-0.2, 0) is 14.3 Å². The molecule has 2 rings (SSSR count). The number of rotatable bonds is 6. The summed E-state index contributed by atoms with van der Waals surface area (Å²) in [5.74, 6) is -0.356. The van der Waals surface area contributed by atoms with Crippen molar-refractivity contribution in [2.24, 2.45) is 0 Å². The van der Waals surface area contributed by atoms with Crippen molar-refractivity contribution in [3.8, 4) is 11.5 Å². The van der Waals surface area contributed by atoms with E-state index in [2.05, 4.69) is 5.32 Å². The average molecular weight is 309 g/mol. The molecule has 1 fully saturated rings. The Labute approximate surface area is 128 Å². The molecule has 1 aromatic carbocycles. The monoisotopic (exact) mass is 309 g/mol. The number of hydrogen-bond acceptors (Lipinski definition) is 5. The van der Waals surface area contributed by atoms with E-state index in [1.807, 2.05) is 6.92 Å². The number of carboxylic acid groups (broad SMARTS) is 1. The van der Waals surface area contributed by atoms with Crippen LogP contribution in [-0.4, -0.2) is 49.5 Å². The number of carbonyl (C=O) groups is 2. The highest BCUT2D eigenvalue weighted by Gasteiger charge is 2.43. The molecule has 0 spiro atoms. The lowest BCUT2D eigenvalue weighted by molar-refractivity contribution is -0.148. The number of benzene rings is 1. The van der Waals surface area contributed by atoms with Gasteiger partial charge in [-0.15, -0.1) is 0 Å². The first kappa shape index (κ1) is 16.1. The zero-order valence-electron chi connectivity index (χ0n) is 12.5. The molecule has 1 atom stereocenters. The van der Waals surface area contributed by atoms with Crippen molar-refractivity contribution in [3.63, 3.8) is 0 Å². The van der Waals surface area contributed by atoms with Crippen LogP contribution in [0.5, 0.6) is 11.5 Å². The van der Waals surface area contributed by atoms with Gasteiger partial charge < -0.3 is 24.6 Å². The minimum Gasteiger partial charge on any atom is -0.496 e. The lowest BCUT2D eigenvalue weighted by atomic mass is 9.99. The summed E-state index contributed by atoms with van der Waals surface area (Å²) < 4.78 is 15.6. The fraction of sp³-hybridized carbons (Fsp3) is 0.467. The second-order valence-electron chi connectivity index (χ2n) is 5.16. The molecule has 22 heavy (non-hydrogen) atoms. The maximum absolute atomic E-state index is 11.9. The Morgan fingerprint density at radius 3 is 2.77 bits per heavy atom. The summed E-state index contributed by atoms with van der Waals surface area (Å²) in [6.07, 6.45) is 0.246. The third-order valence-corrected chi connectivity index (χ3v) is 3.55. The molecule has 1 aromatic rings. The molecule has 2 N–H and O–H groups in total. The molecular weight excluding hydrogens is 290 g/mol. The van der Waals surface area contributed by atoms with Gasteiger partial charge in [-0.1, -0.05) is 0 Å². The van der Waals surface area contributed by atoms with Gasteiger partial charge in [-0.3, -0.25) is 4.79 Å². The van der Waals surface area contributed by atoms with Crippen molar-refractivity contribution in [1.29, 1.82) is 0 Å². The molecule has 7 nitrogen and oxygen atoms in total. The maximum atomic E-state index is 11.9. The van der Waals surface area contributed by atoms with Crippen LogP contribution in [0, 0.1) is 6.92 Å². The van der Waals surface area contributed by atoms with E-state index in [-0.39, 0.29) is 19.6 Å². The average Bonchev–Trinajstić information content (AvgIpc) is 2.95. The van der Waals surface area contributed by atoms with Crippen molar-refractivity contribution in [2.75, 3.05) is 26.9 Å². The van der Waals surface area contributed by atoms with E-state index in [9.17, 15) is 14.7 Å². The minimum absolute atomic E-state index is 0.0320. The number of hydrogen-bond donors (Lipinski definition) is 2. The van der Waals surface area contributed by atoms with Crippen LogP contribution in [0.15, 0.2) is 18.2 Å². The van der Waals surface area contributed by atoms with Crippen LogP contribution >= 0.6 is 0 Å². The van der Waals surface area contributed by atoms with E-state index in [0.29, 0.717) is 12.4 Å². The molecule has 120 valence electrons. The molecule has 1 saturated heterocycles. The topological polar surface area (TPSA) is 94.1 Å². The summed E-state index contributed by atoms with van der Waals surface area (Å²) in [4.78, 5) is 23.2. The predicted octanol–water partition coefficient (Wildman–Crippen LogP) is 0.742. The molecule has 0 aliphatic carbocycles. The van der Waals surface area contributed by atoms with Gasteiger partial charge in [0, 0.05) is 13.0 Å². The van der Waals surface area contributed by atoms with Crippen molar-refractivity contribution < 1.29 is 28.9 Å². The molecule has 0 saturated carbocycles. The normalized spacial score (nSPS) is 20.5. The second-order valence-corrected chi connectivity index (χ2v) is 5.16. The van der Waals surface area contributed by atoms with Crippen molar-refractivity contribution in [3.05, 3.63) is 23.8 Å². The van der Waals surface area contributed by atoms with Crippen LogP contribution in [0.3, 0.4) is 0 Å². The highest BCUT2D eigenvalue weighted by Crippen LogP contribution is 2.23. The summed E-state index contributed by atoms with van der Waals surface area (Å²) in [7, 11) is 1.57. The molecule has 1 unspecified atom stereocenters. The summed E-state index contributed by atoms with van der Waals surface area (Å²) in [5.41, 5.74) is -0.470. The van der Waals surface area contributed by atoms with E-state index in [1.165, 1.54) is 0 Å². The van der Waals surface area contributed by atoms with Gasteiger partial charge in [0.05, 0.1) is 13.7 Å². The molecular formula is C15H19NO6. The molecule has 0 bridgehead atoms. The van der Waals surface area contributed by atoms with Crippen molar-refractivity contribution in [1.82, 2.24) is 5.32 Å². The predicted molar refractivity (Wildman–Crippen MR) is 77.2 cm³/mol. The van der Waals surface area contributed by atoms with E-state index in [4.69, 9.17) is 14.2 Å².